The third-order valence-electron chi connectivity index (χ3n) is 4.66. The summed E-state index contributed by atoms with van der Waals surface area (Å²) in [7, 11) is 1.58. The number of carbonyl (C=O) groups excluding carboxylic acids is 1. The molecule has 2 aromatic rings. The number of rotatable bonds is 4. The van der Waals surface area contributed by atoms with Gasteiger partial charge in [0.1, 0.15) is 11.7 Å². The summed E-state index contributed by atoms with van der Waals surface area (Å²) in [5.74, 6) is -1.20. The summed E-state index contributed by atoms with van der Waals surface area (Å²) in [4.78, 5) is 26.8. The average molecular weight is 339 g/mol. The lowest BCUT2D eigenvalue weighted by Crippen LogP contribution is -2.48. The molecule has 0 saturated carbocycles. The lowest BCUT2D eigenvalue weighted by Gasteiger charge is -2.43. The summed E-state index contributed by atoms with van der Waals surface area (Å²) in [6.45, 7) is 3.81. The monoisotopic (exact) mass is 339 g/mol. The smallest absolute Gasteiger partial charge is 0.313 e. The number of nitrogens with zero attached hydrogens (tertiary/aromatic N) is 1. The molecule has 2 atom stereocenters. The fourth-order valence-corrected chi connectivity index (χ4v) is 3.54. The Morgan fingerprint density at radius 2 is 1.76 bits per heavy atom. The van der Waals surface area contributed by atoms with E-state index in [9.17, 15) is 14.7 Å². The third kappa shape index (κ3) is 2.86. The van der Waals surface area contributed by atoms with Gasteiger partial charge in [0.2, 0.25) is 0 Å². The van der Waals surface area contributed by atoms with Crippen molar-refractivity contribution in [3.63, 3.8) is 0 Å². The van der Waals surface area contributed by atoms with E-state index < -0.39 is 17.9 Å². The number of aliphatic carboxylic acids is 1. The van der Waals surface area contributed by atoms with Crippen LogP contribution >= 0.6 is 0 Å². The number of ether oxygens (including phenoxy) is 1. The quantitative estimate of drug-likeness (QED) is 0.926. The van der Waals surface area contributed by atoms with E-state index in [1.165, 1.54) is 0 Å². The van der Waals surface area contributed by atoms with Gasteiger partial charge in [-0.2, -0.15) is 0 Å². The normalized spacial score (nSPS) is 19.7. The van der Waals surface area contributed by atoms with Crippen LogP contribution in [-0.2, 0) is 4.79 Å². The molecule has 130 valence electrons. The van der Waals surface area contributed by atoms with Crippen molar-refractivity contribution in [2.45, 2.75) is 31.8 Å². The fourth-order valence-electron chi connectivity index (χ4n) is 3.54. The van der Waals surface area contributed by atoms with Crippen LogP contribution in [0.5, 0.6) is 5.75 Å². The van der Waals surface area contributed by atoms with Gasteiger partial charge in [0.15, 0.2) is 0 Å². The van der Waals surface area contributed by atoms with Gasteiger partial charge >= 0.3 is 5.97 Å². The van der Waals surface area contributed by atoms with Gasteiger partial charge in [-0.1, -0.05) is 30.3 Å². The molecule has 3 rings (SSSR count). The Hall–Kier alpha value is -2.82. The Balaban J connectivity index is 2.20. The highest BCUT2D eigenvalue weighted by Crippen LogP contribution is 2.44. The first-order valence-corrected chi connectivity index (χ1v) is 8.24. The van der Waals surface area contributed by atoms with E-state index in [2.05, 4.69) is 0 Å². The molecule has 0 unspecified atom stereocenters. The number of hydrogen-bond donors (Lipinski definition) is 1. The minimum Gasteiger partial charge on any atom is -0.497 e. The Labute approximate surface area is 146 Å². The van der Waals surface area contributed by atoms with E-state index in [-0.39, 0.29) is 11.9 Å². The zero-order valence-corrected chi connectivity index (χ0v) is 14.5. The van der Waals surface area contributed by atoms with Crippen LogP contribution in [0.15, 0.2) is 48.5 Å². The van der Waals surface area contributed by atoms with Crippen LogP contribution in [0, 0.1) is 0 Å². The lowest BCUT2D eigenvalue weighted by atomic mass is 9.79. The first-order chi connectivity index (χ1) is 12.0. The van der Waals surface area contributed by atoms with E-state index in [4.69, 9.17) is 4.74 Å². The summed E-state index contributed by atoms with van der Waals surface area (Å²) >= 11 is 0. The summed E-state index contributed by atoms with van der Waals surface area (Å²) in [5, 5.41) is 9.94. The van der Waals surface area contributed by atoms with E-state index in [1.807, 2.05) is 26.0 Å². The van der Waals surface area contributed by atoms with Crippen molar-refractivity contribution >= 4 is 11.9 Å². The topological polar surface area (TPSA) is 66.8 Å². The highest BCUT2D eigenvalue weighted by molar-refractivity contribution is 6.00. The van der Waals surface area contributed by atoms with Gasteiger partial charge in [0.25, 0.3) is 5.91 Å². The SMILES string of the molecule is COc1ccc([C@@H]2[C@H](C(=O)O)c3ccccc3C(=O)N2C(C)C)cc1. The number of fused-ring (bicyclic) bond motifs is 1. The Kier molecular flexibility index (Phi) is 4.49. The van der Waals surface area contributed by atoms with Gasteiger partial charge in [0.05, 0.1) is 13.2 Å². The maximum absolute atomic E-state index is 13.0. The molecule has 1 heterocycles. The Morgan fingerprint density at radius 1 is 1.12 bits per heavy atom. The summed E-state index contributed by atoms with van der Waals surface area (Å²) in [6, 6.07) is 13.5. The van der Waals surface area contributed by atoms with Crippen LogP contribution in [0.4, 0.5) is 0 Å². The van der Waals surface area contributed by atoms with Crippen molar-refractivity contribution in [2.24, 2.45) is 0 Å². The van der Waals surface area contributed by atoms with E-state index >= 15 is 0 Å². The largest absolute Gasteiger partial charge is 0.497 e. The van der Waals surface area contributed by atoms with Crippen molar-refractivity contribution in [1.29, 1.82) is 0 Å². The van der Waals surface area contributed by atoms with Crippen molar-refractivity contribution in [3.8, 4) is 5.75 Å². The molecule has 0 saturated heterocycles. The number of methoxy groups -OCH3 is 1. The lowest BCUT2D eigenvalue weighted by molar-refractivity contribution is -0.140. The molecule has 1 aliphatic rings. The molecule has 0 aromatic heterocycles. The molecule has 0 radical (unpaired) electrons. The third-order valence-corrected chi connectivity index (χ3v) is 4.66. The average Bonchev–Trinajstić information content (AvgIpc) is 2.61. The van der Waals surface area contributed by atoms with Gasteiger partial charge in [-0.05, 0) is 43.2 Å². The number of carboxylic acid groups (broad SMARTS) is 1. The number of carboxylic acids is 1. The molecule has 0 bridgehead atoms. The van der Waals surface area contributed by atoms with Crippen molar-refractivity contribution < 1.29 is 19.4 Å². The number of hydrogen-bond acceptors (Lipinski definition) is 3. The van der Waals surface area contributed by atoms with Gasteiger partial charge < -0.3 is 14.7 Å². The Morgan fingerprint density at radius 3 is 2.32 bits per heavy atom. The molecule has 25 heavy (non-hydrogen) atoms. The van der Waals surface area contributed by atoms with Gasteiger partial charge in [-0.25, -0.2) is 0 Å². The predicted molar refractivity (Wildman–Crippen MR) is 93.9 cm³/mol. The van der Waals surface area contributed by atoms with E-state index in [0.29, 0.717) is 16.9 Å². The van der Waals surface area contributed by atoms with Crippen LogP contribution in [0.2, 0.25) is 0 Å². The van der Waals surface area contributed by atoms with Crippen molar-refractivity contribution in [3.05, 3.63) is 65.2 Å². The van der Waals surface area contributed by atoms with Crippen LogP contribution < -0.4 is 4.74 Å². The van der Waals surface area contributed by atoms with Crippen molar-refractivity contribution in [1.82, 2.24) is 4.90 Å². The van der Waals surface area contributed by atoms with Crippen LogP contribution in [-0.4, -0.2) is 35.0 Å². The predicted octanol–water partition coefficient (Wildman–Crippen LogP) is 3.47. The number of benzene rings is 2. The molecule has 0 aliphatic carbocycles. The zero-order chi connectivity index (χ0) is 18.1. The van der Waals surface area contributed by atoms with E-state index in [1.54, 1.807) is 48.4 Å². The second-order valence-corrected chi connectivity index (χ2v) is 6.43. The van der Waals surface area contributed by atoms with Crippen LogP contribution in [0.1, 0.15) is 47.3 Å². The minimum absolute atomic E-state index is 0.130. The molecule has 0 spiro atoms. The summed E-state index contributed by atoms with van der Waals surface area (Å²) in [6.07, 6.45) is 0. The first-order valence-electron chi connectivity index (χ1n) is 8.24. The first kappa shape index (κ1) is 17.0. The maximum Gasteiger partial charge on any atom is 0.313 e. The van der Waals surface area contributed by atoms with Crippen LogP contribution in [0.25, 0.3) is 0 Å². The molecular weight excluding hydrogens is 318 g/mol. The van der Waals surface area contributed by atoms with Crippen molar-refractivity contribution in [2.75, 3.05) is 7.11 Å². The number of amides is 1. The minimum atomic E-state index is -0.939. The summed E-state index contributed by atoms with van der Waals surface area (Å²) in [5.41, 5.74) is 1.82. The maximum atomic E-state index is 13.0. The van der Waals surface area contributed by atoms with Crippen LogP contribution in [0.3, 0.4) is 0 Å². The van der Waals surface area contributed by atoms with Gasteiger partial charge in [-0.3, -0.25) is 9.59 Å². The number of carbonyl (C=O) groups is 2. The standard InChI is InChI=1S/C20H21NO4/c1-12(2)21-18(13-8-10-14(25-3)11-9-13)17(20(23)24)15-6-4-5-7-16(15)19(21)22/h4-12,17-18H,1-3H3,(H,23,24)/t17-,18-/m1/s1. The fraction of sp³-hybridized carbons (Fsp3) is 0.300. The molecule has 2 aromatic carbocycles. The summed E-state index contributed by atoms with van der Waals surface area (Å²) < 4.78 is 5.19. The second-order valence-electron chi connectivity index (χ2n) is 6.43. The molecule has 1 N–H and O–H groups in total. The zero-order valence-electron chi connectivity index (χ0n) is 14.5. The molecular formula is C20H21NO4. The highest BCUT2D eigenvalue weighted by atomic mass is 16.5. The molecule has 1 amide bonds. The second kappa shape index (κ2) is 6.59. The Bertz CT molecular complexity index is 798. The molecule has 5 heteroatoms. The van der Waals surface area contributed by atoms with E-state index in [0.717, 1.165) is 5.56 Å². The molecule has 1 aliphatic heterocycles. The molecule has 0 fully saturated rings. The van der Waals surface area contributed by atoms with Gasteiger partial charge in [-0.15, -0.1) is 0 Å². The highest BCUT2D eigenvalue weighted by Gasteiger charge is 2.45. The van der Waals surface area contributed by atoms with Gasteiger partial charge in [0, 0.05) is 11.6 Å². The molecule has 5 nitrogen and oxygen atoms in total.